The van der Waals surface area contributed by atoms with Crippen LogP contribution in [-0.4, -0.2) is 43.2 Å². The van der Waals surface area contributed by atoms with Crippen LogP contribution in [-0.2, 0) is 30.1 Å². The second-order valence-corrected chi connectivity index (χ2v) is 15.6. The molecule has 1 heterocycles. The highest BCUT2D eigenvalue weighted by atomic mass is 16.7. The number of ether oxygens (including phenoxy) is 1. The normalized spacial score (nSPS) is 26.5. The van der Waals surface area contributed by atoms with E-state index < -0.39 is 13.0 Å². The van der Waals surface area contributed by atoms with Crippen molar-refractivity contribution in [3.8, 4) is 11.1 Å². The van der Waals surface area contributed by atoms with Crippen molar-refractivity contribution >= 4 is 19.0 Å². The van der Waals surface area contributed by atoms with Crippen LogP contribution < -0.4 is 5.32 Å². The molecule has 6 atom stereocenters. The summed E-state index contributed by atoms with van der Waals surface area (Å²) in [5, 5.41) is 3.32. The van der Waals surface area contributed by atoms with E-state index in [4.69, 9.17) is 14.0 Å². The van der Waals surface area contributed by atoms with Gasteiger partial charge in [0.25, 0.3) is 0 Å². The van der Waals surface area contributed by atoms with Crippen molar-refractivity contribution in [2.75, 3.05) is 6.61 Å². The van der Waals surface area contributed by atoms with Gasteiger partial charge in [-0.1, -0.05) is 107 Å². The summed E-state index contributed by atoms with van der Waals surface area (Å²) in [5.41, 5.74) is 5.61. The first-order chi connectivity index (χ1) is 22.5. The Morgan fingerprint density at radius 2 is 1.55 bits per heavy atom. The molecule has 246 valence electrons. The predicted molar refractivity (Wildman–Crippen MR) is 184 cm³/mol. The summed E-state index contributed by atoms with van der Waals surface area (Å²) >= 11 is 0. The quantitative estimate of drug-likeness (QED) is 0.176. The molecule has 0 radical (unpaired) electrons. The Labute approximate surface area is 280 Å². The fourth-order valence-electron chi connectivity index (χ4n) is 9.15. The average molecular weight is 634 g/mol. The van der Waals surface area contributed by atoms with E-state index in [1.165, 1.54) is 28.7 Å². The van der Waals surface area contributed by atoms with Crippen LogP contribution >= 0.6 is 0 Å². The van der Waals surface area contributed by atoms with Crippen LogP contribution in [0.15, 0.2) is 78.9 Å². The number of nitrogens with one attached hydrogen (secondary N) is 1. The standard InChI is InChI=1S/C40H48BNO5/c1-25(2)19-36(41-46-35-23-28-22-34(39(28,3)4)40(35,5)47-41)42-38(44)27(20-26-13-7-6-8-14-26)21-37(43)45-24-33-31-17-11-9-15-29(31)30-16-10-12-18-32(30)33/h6-18,25,27-28,33-36H,19-24H2,1-5H3,(H,42,44)/t27-,28+,34+,35-,36+,40+/m1/s1. The third-order valence-electron chi connectivity index (χ3n) is 11.8. The first-order valence-electron chi connectivity index (χ1n) is 17.6. The van der Waals surface area contributed by atoms with Crippen LogP contribution in [0, 0.1) is 29.1 Å². The van der Waals surface area contributed by atoms with E-state index in [9.17, 15) is 9.59 Å². The molecule has 6 nitrogen and oxygen atoms in total. The van der Waals surface area contributed by atoms with Crippen LogP contribution in [0.25, 0.3) is 11.1 Å². The van der Waals surface area contributed by atoms with Crippen LogP contribution in [0.2, 0.25) is 0 Å². The van der Waals surface area contributed by atoms with Crippen molar-refractivity contribution in [1.29, 1.82) is 0 Å². The topological polar surface area (TPSA) is 73.9 Å². The fourth-order valence-corrected chi connectivity index (χ4v) is 9.15. The van der Waals surface area contributed by atoms with Gasteiger partial charge in [-0.2, -0.15) is 0 Å². The zero-order valence-electron chi connectivity index (χ0n) is 28.4. The zero-order valence-corrected chi connectivity index (χ0v) is 28.4. The van der Waals surface area contributed by atoms with Gasteiger partial charge >= 0.3 is 13.1 Å². The number of amides is 1. The van der Waals surface area contributed by atoms with Crippen molar-refractivity contribution in [2.24, 2.45) is 29.1 Å². The maximum absolute atomic E-state index is 14.2. The molecule has 0 unspecified atom stereocenters. The van der Waals surface area contributed by atoms with Gasteiger partial charge in [0.2, 0.25) is 5.91 Å². The number of hydrogen-bond donors (Lipinski definition) is 1. The lowest BCUT2D eigenvalue weighted by Crippen LogP contribution is -2.65. The lowest BCUT2D eigenvalue weighted by Gasteiger charge is -2.64. The van der Waals surface area contributed by atoms with E-state index in [2.05, 4.69) is 64.2 Å². The van der Waals surface area contributed by atoms with E-state index in [0.29, 0.717) is 24.2 Å². The van der Waals surface area contributed by atoms with E-state index >= 15 is 0 Å². The predicted octanol–water partition coefficient (Wildman–Crippen LogP) is 7.39. The number of benzene rings is 3. The molecule has 5 aliphatic rings. The third-order valence-corrected chi connectivity index (χ3v) is 11.8. The van der Waals surface area contributed by atoms with Gasteiger partial charge in [-0.3, -0.25) is 9.59 Å². The molecule has 4 fully saturated rings. The summed E-state index contributed by atoms with van der Waals surface area (Å²) in [6, 6.07) is 26.5. The molecule has 3 aromatic rings. The Kier molecular flexibility index (Phi) is 8.59. The van der Waals surface area contributed by atoms with E-state index in [1.54, 1.807) is 0 Å². The monoisotopic (exact) mass is 633 g/mol. The van der Waals surface area contributed by atoms with Gasteiger partial charge < -0.3 is 19.4 Å². The minimum atomic E-state index is -0.589. The van der Waals surface area contributed by atoms with Crippen molar-refractivity contribution in [3.63, 3.8) is 0 Å². The molecule has 3 aromatic carbocycles. The molecule has 8 rings (SSSR count). The number of esters is 1. The molecule has 7 heteroatoms. The average Bonchev–Trinajstić information content (AvgIpc) is 3.58. The minimum Gasteiger partial charge on any atom is -0.465 e. The summed E-state index contributed by atoms with van der Waals surface area (Å²) in [6.07, 6.45) is 3.37. The van der Waals surface area contributed by atoms with Crippen LogP contribution in [0.1, 0.15) is 82.9 Å². The third kappa shape index (κ3) is 5.95. The maximum Gasteiger partial charge on any atom is 0.481 e. The molecule has 0 aromatic heterocycles. The Bertz CT molecular complexity index is 1580. The Hall–Kier alpha value is -3.42. The van der Waals surface area contributed by atoms with E-state index in [0.717, 1.165) is 18.4 Å². The van der Waals surface area contributed by atoms with Crippen LogP contribution in [0.4, 0.5) is 0 Å². The lowest BCUT2D eigenvalue weighted by molar-refractivity contribution is -0.199. The zero-order chi connectivity index (χ0) is 32.9. The van der Waals surface area contributed by atoms with Gasteiger partial charge in [0.15, 0.2) is 0 Å². The van der Waals surface area contributed by atoms with Gasteiger partial charge in [0.05, 0.1) is 30.0 Å². The lowest BCUT2D eigenvalue weighted by atomic mass is 9.43. The summed E-state index contributed by atoms with van der Waals surface area (Å²) < 4.78 is 19.4. The maximum atomic E-state index is 14.2. The Morgan fingerprint density at radius 3 is 2.19 bits per heavy atom. The molecule has 1 aliphatic heterocycles. The van der Waals surface area contributed by atoms with Gasteiger partial charge in [-0.05, 0) is 83.6 Å². The smallest absolute Gasteiger partial charge is 0.465 e. The molecular formula is C40H48BNO5. The first-order valence-corrected chi connectivity index (χ1v) is 17.6. The summed E-state index contributed by atoms with van der Waals surface area (Å²) in [5.74, 6) is -0.0394. The molecule has 3 saturated carbocycles. The van der Waals surface area contributed by atoms with Gasteiger partial charge in [-0.15, -0.1) is 0 Å². The fraction of sp³-hybridized carbons (Fsp3) is 0.500. The highest BCUT2D eigenvalue weighted by Gasteiger charge is 2.68. The number of rotatable bonds is 11. The SMILES string of the molecule is CC(C)C[C@H](NC(=O)[C@@H](CC(=O)OCC1c2ccccc2-c2ccccc21)Cc1ccccc1)B1O[C@@H]2C[C@@H]3C[C@@H](C3(C)C)[C@]2(C)O1. The van der Waals surface area contributed by atoms with Gasteiger partial charge in [-0.25, -0.2) is 0 Å². The molecule has 1 saturated heterocycles. The molecule has 2 bridgehead atoms. The molecular weight excluding hydrogens is 585 g/mol. The molecule has 4 aliphatic carbocycles. The van der Waals surface area contributed by atoms with E-state index in [-0.39, 0.29) is 53.9 Å². The van der Waals surface area contributed by atoms with Crippen molar-refractivity contribution < 1.29 is 23.6 Å². The highest BCUT2D eigenvalue weighted by Crippen LogP contribution is 2.65. The molecule has 1 amide bonds. The minimum absolute atomic E-state index is 0.00416. The number of hydrogen-bond acceptors (Lipinski definition) is 5. The van der Waals surface area contributed by atoms with Gasteiger partial charge in [0, 0.05) is 5.92 Å². The summed E-state index contributed by atoms with van der Waals surface area (Å²) in [4.78, 5) is 27.7. The molecule has 1 N–H and O–H groups in total. The summed E-state index contributed by atoms with van der Waals surface area (Å²) in [6.45, 7) is 11.5. The van der Waals surface area contributed by atoms with E-state index in [1.807, 2.05) is 54.6 Å². The van der Waals surface area contributed by atoms with Crippen LogP contribution in [0.3, 0.4) is 0 Å². The Morgan fingerprint density at radius 1 is 0.915 bits per heavy atom. The second kappa shape index (κ2) is 12.6. The number of carbonyl (C=O) groups is 2. The van der Waals surface area contributed by atoms with Crippen LogP contribution in [0.5, 0.6) is 0 Å². The molecule has 0 spiro atoms. The summed E-state index contributed by atoms with van der Waals surface area (Å²) in [7, 11) is -0.515. The number of carbonyl (C=O) groups excluding carboxylic acids is 2. The number of fused-ring (bicyclic) bond motifs is 3. The largest absolute Gasteiger partial charge is 0.481 e. The van der Waals surface area contributed by atoms with Crippen molar-refractivity contribution in [2.45, 2.75) is 90.3 Å². The highest BCUT2D eigenvalue weighted by molar-refractivity contribution is 6.47. The molecule has 47 heavy (non-hydrogen) atoms. The van der Waals surface area contributed by atoms with Gasteiger partial charge in [0.1, 0.15) is 6.61 Å². The van der Waals surface area contributed by atoms with Crippen molar-refractivity contribution in [1.82, 2.24) is 5.32 Å². The van der Waals surface area contributed by atoms with Crippen molar-refractivity contribution in [3.05, 3.63) is 95.6 Å². The second-order valence-electron chi connectivity index (χ2n) is 15.6. The first kappa shape index (κ1) is 32.1. The Balaban J connectivity index is 1.06.